The van der Waals surface area contributed by atoms with Gasteiger partial charge in [0, 0.05) is 15.6 Å². The summed E-state index contributed by atoms with van der Waals surface area (Å²) >= 11 is 11.6. The SMILES string of the molecule is C[C@@H](OC(=O)C[C@H](NC(N)=O)c1ccc(Cl)cc1)C(=O)c1ccc(Cl)cc1. The first-order valence-corrected chi connectivity index (χ1v) is 8.82. The lowest BCUT2D eigenvalue weighted by Crippen LogP contribution is -2.35. The van der Waals surface area contributed by atoms with E-state index in [9.17, 15) is 14.4 Å². The molecule has 0 aliphatic heterocycles. The van der Waals surface area contributed by atoms with Crippen molar-refractivity contribution >= 4 is 41.0 Å². The summed E-state index contributed by atoms with van der Waals surface area (Å²) in [6.07, 6.45) is -1.18. The number of hydrogen-bond acceptors (Lipinski definition) is 4. The molecule has 3 N–H and O–H groups in total. The van der Waals surface area contributed by atoms with Crippen molar-refractivity contribution in [1.29, 1.82) is 0 Å². The second-order valence-electron chi connectivity index (χ2n) is 5.82. The Morgan fingerprint density at radius 2 is 1.52 bits per heavy atom. The quantitative estimate of drug-likeness (QED) is 0.535. The summed E-state index contributed by atoms with van der Waals surface area (Å²) in [6.45, 7) is 1.48. The number of primary amides is 1. The predicted octanol–water partition coefficient (Wildman–Crippen LogP) is 3.91. The largest absolute Gasteiger partial charge is 0.454 e. The number of Topliss-reactive ketones (excluding diaryl/α,β-unsaturated/α-hetero) is 1. The van der Waals surface area contributed by atoms with Crippen molar-refractivity contribution in [2.45, 2.75) is 25.5 Å². The molecule has 2 atom stereocenters. The van der Waals surface area contributed by atoms with Gasteiger partial charge in [-0.05, 0) is 48.9 Å². The zero-order valence-corrected chi connectivity index (χ0v) is 16.0. The number of rotatable bonds is 7. The van der Waals surface area contributed by atoms with Crippen molar-refractivity contribution in [2.75, 3.05) is 0 Å². The Bertz CT molecular complexity index is 823. The van der Waals surface area contributed by atoms with Crippen molar-refractivity contribution in [3.8, 4) is 0 Å². The van der Waals surface area contributed by atoms with Gasteiger partial charge in [0.1, 0.15) is 0 Å². The van der Waals surface area contributed by atoms with Crippen molar-refractivity contribution in [3.05, 3.63) is 69.7 Å². The zero-order valence-electron chi connectivity index (χ0n) is 14.4. The highest BCUT2D eigenvalue weighted by Gasteiger charge is 2.23. The normalized spacial score (nSPS) is 12.7. The molecule has 0 aliphatic carbocycles. The van der Waals surface area contributed by atoms with E-state index in [1.165, 1.54) is 6.92 Å². The van der Waals surface area contributed by atoms with Gasteiger partial charge in [-0.15, -0.1) is 0 Å². The summed E-state index contributed by atoms with van der Waals surface area (Å²) in [6, 6.07) is 11.4. The van der Waals surface area contributed by atoms with Crippen LogP contribution in [0.5, 0.6) is 0 Å². The molecular formula is C19H18Cl2N2O4. The molecule has 2 amide bonds. The van der Waals surface area contributed by atoms with Crippen LogP contribution in [-0.4, -0.2) is 23.9 Å². The molecule has 2 aromatic carbocycles. The number of ketones is 1. The molecule has 0 bridgehead atoms. The predicted molar refractivity (Wildman–Crippen MR) is 103 cm³/mol. The van der Waals surface area contributed by atoms with Crippen molar-refractivity contribution in [2.24, 2.45) is 5.73 Å². The van der Waals surface area contributed by atoms with Crippen LogP contribution in [0.1, 0.15) is 35.3 Å². The van der Waals surface area contributed by atoms with Gasteiger partial charge in [0.2, 0.25) is 5.78 Å². The summed E-state index contributed by atoms with van der Waals surface area (Å²) in [4.78, 5) is 35.8. The lowest BCUT2D eigenvalue weighted by atomic mass is 10.0. The average molecular weight is 409 g/mol. The lowest BCUT2D eigenvalue weighted by Gasteiger charge is -2.19. The lowest BCUT2D eigenvalue weighted by molar-refractivity contribution is -0.146. The summed E-state index contributed by atoms with van der Waals surface area (Å²) in [5, 5.41) is 3.50. The Morgan fingerprint density at radius 3 is 2.04 bits per heavy atom. The van der Waals surface area contributed by atoms with Crippen LogP contribution in [0.3, 0.4) is 0 Å². The highest BCUT2D eigenvalue weighted by atomic mass is 35.5. The molecule has 0 aliphatic rings. The molecule has 0 fully saturated rings. The zero-order chi connectivity index (χ0) is 20.0. The Balaban J connectivity index is 2.03. The molecule has 0 spiro atoms. The summed E-state index contributed by atoms with van der Waals surface area (Å²) in [5.41, 5.74) is 6.19. The van der Waals surface area contributed by atoms with Crippen LogP contribution in [0.2, 0.25) is 10.0 Å². The number of nitrogens with two attached hydrogens (primary N) is 1. The van der Waals surface area contributed by atoms with Gasteiger partial charge < -0.3 is 15.8 Å². The molecule has 0 unspecified atom stereocenters. The molecule has 6 nitrogen and oxygen atoms in total. The Hall–Kier alpha value is -2.57. The summed E-state index contributed by atoms with van der Waals surface area (Å²) in [7, 11) is 0. The molecule has 142 valence electrons. The maximum atomic E-state index is 12.3. The minimum Gasteiger partial charge on any atom is -0.454 e. The third kappa shape index (κ3) is 6.27. The van der Waals surface area contributed by atoms with E-state index in [1.54, 1.807) is 48.5 Å². The second kappa shape index (κ2) is 9.39. The molecule has 2 rings (SSSR count). The fourth-order valence-corrected chi connectivity index (χ4v) is 2.69. The fraction of sp³-hybridized carbons (Fsp3) is 0.211. The van der Waals surface area contributed by atoms with Crippen LogP contribution in [0, 0.1) is 0 Å². The van der Waals surface area contributed by atoms with E-state index in [4.69, 9.17) is 33.7 Å². The Morgan fingerprint density at radius 1 is 1.00 bits per heavy atom. The first kappa shape index (κ1) is 20.7. The number of halogens is 2. The summed E-state index contributed by atoms with van der Waals surface area (Å²) in [5.74, 6) is -1.01. The molecule has 0 saturated carbocycles. The molecule has 0 saturated heterocycles. The number of carbonyl (C=O) groups excluding carboxylic acids is 3. The minimum atomic E-state index is -0.988. The third-order valence-electron chi connectivity index (χ3n) is 3.77. The van der Waals surface area contributed by atoms with Gasteiger partial charge in [-0.3, -0.25) is 9.59 Å². The highest BCUT2D eigenvalue weighted by molar-refractivity contribution is 6.30. The monoisotopic (exact) mass is 408 g/mol. The summed E-state index contributed by atoms with van der Waals surface area (Å²) < 4.78 is 5.21. The Kier molecular flexibility index (Phi) is 7.21. The topological polar surface area (TPSA) is 98.5 Å². The van der Waals surface area contributed by atoms with E-state index in [1.807, 2.05) is 0 Å². The van der Waals surface area contributed by atoms with Crippen molar-refractivity contribution < 1.29 is 19.1 Å². The van der Waals surface area contributed by atoms with Gasteiger partial charge in [-0.25, -0.2) is 4.79 Å². The van der Waals surface area contributed by atoms with Gasteiger partial charge in [0.15, 0.2) is 6.10 Å². The van der Waals surface area contributed by atoms with E-state index in [0.717, 1.165) is 0 Å². The van der Waals surface area contributed by atoms with E-state index in [0.29, 0.717) is 21.2 Å². The number of hydrogen-bond donors (Lipinski definition) is 2. The number of urea groups is 1. The smallest absolute Gasteiger partial charge is 0.312 e. The number of carbonyl (C=O) groups is 3. The van der Waals surface area contributed by atoms with Gasteiger partial charge in [0.05, 0.1) is 12.5 Å². The van der Waals surface area contributed by atoms with E-state index in [2.05, 4.69) is 5.32 Å². The maximum Gasteiger partial charge on any atom is 0.312 e. The van der Waals surface area contributed by atoms with Crippen LogP contribution in [0.25, 0.3) is 0 Å². The molecular weight excluding hydrogens is 391 g/mol. The maximum absolute atomic E-state index is 12.3. The molecule has 27 heavy (non-hydrogen) atoms. The van der Waals surface area contributed by atoms with Crippen LogP contribution in [-0.2, 0) is 9.53 Å². The van der Waals surface area contributed by atoms with E-state index in [-0.39, 0.29) is 12.2 Å². The fourth-order valence-electron chi connectivity index (χ4n) is 2.43. The Labute approximate surface area is 166 Å². The van der Waals surface area contributed by atoms with Crippen LogP contribution >= 0.6 is 23.2 Å². The minimum absolute atomic E-state index is 0.192. The van der Waals surface area contributed by atoms with E-state index < -0.39 is 24.1 Å². The standard InChI is InChI=1S/C19H18Cl2N2O4/c1-11(18(25)13-4-8-15(21)9-5-13)27-17(24)10-16(23-19(22)26)12-2-6-14(20)7-3-12/h2-9,11,16H,10H2,1H3,(H3,22,23,26)/t11-,16+/m1/s1. The third-order valence-corrected chi connectivity index (χ3v) is 4.27. The number of esters is 1. The number of amides is 2. The van der Waals surface area contributed by atoms with Gasteiger partial charge >= 0.3 is 12.0 Å². The second-order valence-corrected chi connectivity index (χ2v) is 6.69. The molecule has 0 heterocycles. The van der Waals surface area contributed by atoms with Gasteiger partial charge in [0.25, 0.3) is 0 Å². The molecule has 8 heteroatoms. The molecule has 0 aromatic heterocycles. The van der Waals surface area contributed by atoms with E-state index >= 15 is 0 Å². The highest BCUT2D eigenvalue weighted by Crippen LogP contribution is 2.21. The average Bonchev–Trinajstić information content (AvgIpc) is 2.61. The van der Waals surface area contributed by atoms with Crippen molar-refractivity contribution in [3.63, 3.8) is 0 Å². The van der Waals surface area contributed by atoms with Crippen molar-refractivity contribution in [1.82, 2.24) is 5.32 Å². The number of ether oxygens (including phenoxy) is 1. The first-order valence-electron chi connectivity index (χ1n) is 8.07. The van der Waals surface area contributed by atoms with Gasteiger partial charge in [-0.1, -0.05) is 35.3 Å². The first-order chi connectivity index (χ1) is 12.8. The van der Waals surface area contributed by atoms with Crippen LogP contribution in [0.15, 0.2) is 48.5 Å². The van der Waals surface area contributed by atoms with Crippen LogP contribution in [0.4, 0.5) is 4.79 Å². The number of benzene rings is 2. The molecule has 2 aromatic rings. The van der Waals surface area contributed by atoms with Gasteiger partial charge in [-0.2, -0.15) is 0 Å². The van der Waals surface area contributed by atoms with Crippen LogP contribution < -0.4 is 11.1 Å². The molecule has 0 radical (unpaired) electrons. The number of nitrogens with one attached hydrogen (secondary N) is 1.